The molecule has 3 unspecified atom stereocenters. The van der Waals surface area contributed by atoms with Crippen molar-refractivity contribution >= 4 is 10.8 Å². The van der Waals surface area contributed by atoms with Gasteiger partial charge in [0.25, 0.3) is 0 Å². The van der Waals surface area contributed by atoms with Crippen molar-refractivity contribution in [3.8, 4) is 0 Å². The lowest BCUT2D eigenvalue weighted by molar-refractivity contribution is 0.369. The van der Waals surface area contributed by atoms with Gasteiger partial charge in [-0.3, -0.25) is 4.21 Å². The highest BCUT2D eigenvalue weighted by atomic mass is 32.2. The summed E-state index contributed by atoms with van der Waals surface area (Å²) in [7, 11) is -0.877. The van der Waals surface area contributed by atoms with E-state index < -0.39 is 10.8 Å². The molecule has 1 nitrogen and oxygen atoms in total. The molecule has 0 aromatic heterocycles. The van der Waals surface area contributed by atoms with Gasteiger partial charge in [-0.1, -0.05) is 29.7 Å². The van der Waals surface area contributed by atoms with Crippen molar-refractivity contribution in [2.75, 3.05) is 0 Å². The summed E-state index contributed by atoms with van der Waals surface area (Å²) in [5.41, 5.74) is 5.93. The van der Waals surface area contributed by atoms with E-state index in [9.17, 15) is 4.21 Å². The first-order valence-electron chi connectivity index (χ1n) is 8.05. The van der Waals surface area contributed by atoms with Crippen LogP contribution in [0.15, 0.2) is 45.3 Å². The number of hydrogen-bond acceptors (Lipinski definition) is 1. The molecule has 0 aromatic rings. The smallest absolute Gasteiger partial charge is 0.0711 e. The third-order valence-corrected chi connectivity index (χ3v) is 6.30. The highest BCUT2D eigenvalue weighted by molar-refractivity contribution is 7.91. The molecule has 1 saturated carbocycles. The van der Waals surface area contributed by atoms with Gasteiger partial charge in [-0.25, -0.2) is 0 Å². The maximum absolute atomic E-state index is 12.0. The fourth-order valence-corrected chi connectivity index (χ4v) is 5.49. The molecule has 20 heavy (non-hydrogen) atoms. The molecule has 3 aliphatic carbocycles. The lowest BCUT2D eigenvalue weighted by atomic mass is 9.64. The molecule has 0 aromatic carbocycles. The van der Waals surface area contributed by atoms with E-state index in [1.165, 1.54) is 62.5 Å². The Morgan fingerprint density at radius 1 is 1.00 bits per heavy atom. The van der Waals surface area contributed by atoms with E-state index in [-0.39, 0.29) is 0 Å². The maximum atomic E-state index is 12.0. The van der Waals surface area contributed by atoms with Crippen molar-refractivity contribution in [1.29, 1.82) is 0 Å². The van der Waals surface area contributed by atoms with Crippen LogP contribution in [0.25, 0.3) is 0 Å². The van der Waals surface area contributed by atoms with Gasteiger partial charge in [-0.2, -0.15) is 0 Å². The minimum atomic E-state index is -0.877. The Morgan fingerprint density at radius 3 is 2.70 bits per heavy atom. The molecule has 4 rings (SSSR count). The average Bonchev–Trinajstić information content (AvgIpc) is 2.85. The van der Waals surface area contributed by atoms with E-state index in [1.54, 1.807) is 11.1 Å². The lowest BCUT2D eigenvalue weighted by Gasteiger charge is -2.40. The molecule has 2 heteroatoms. The third kappa shape index (κ3) is 2.09. The zero-order valence-electron chi connectivity index (χ0n) is 11.9. The van der Waals surface area contributed by atoms with Crippen molar-refractivity contribution in [3.05, 3.63) is 45.3 Å². The quantitative estimate of drug-likeness (QED) is 0.635. The summed E-state index contributed by atoms with van der Waals surface area (Å²) in [6.07, 6.45) is 15.3. The number of fused-ring (bicyclic) bond motifs is 2. The molecule has 0 amide bonds. The second kappa shape index (κ2) is 5.14. The molecule has 0 saturated heterocycles. The number of rotatable bonds is 1. The molecule has 0 spiro atoms. The van der Waals surface area contributed by atoms with E-state index in [1.807, 2.05) is 10.8 Å². The largest absolute Gasteiger partial charge is 0.250 e. The highest BCUT2D eigenvalue weighted by Gasteiger charge is 2.38. The predicted octanol–water partition coefficient (Wildman–Crippen LogP) is 4.76. The second-order valence-corrected chi connectivity index (χ2v) is 7.68. The van der Waals surface area contributed by atoms with Crippen LogP contribution in [0.1, 0.15) is 51.4 Å². The molecule has 0 N–H and O–H groups in total. The van der Waals surface area contributed by atoms with Gasteiger partial charge in [0, 0.05) is 16.7 Å². The predicted molar refractivity (Wildman–Crippen MR) is 84.4 cm³/mol. The standard InChI is InChI=1S/C18H22OS/c19-20-11-15-10-14-8-4-5-9-16(14)18(17(15)12-20)13-6-2-1-3-7-13/h6,10-12,16,18H,1-5,7-9H2. The van der Waals surface area contributed by atoms with Gasteiger partial charge in [-0.15, -0.1) is 0 Å². The Kier molecular flexibility index (Phi) is 3.30. The van der Waals surface area contributed by atoms with E-state index in [2.05, 4.69) is 12.2 Å². The Balaban J connectivity index is 1.80. The van der Waals surface area contributed by atoms with Crippen LogP contribution in [0.5, 0.6) is 0 Å². The SMILES string of the molecule is O=S1C=C2C=C3CCCCC3C(C3=CCCCC3)C2=C1. The van der Waals surface area contributed by atoms with E-state index in [0.29, 0.717) is 11.8 Å². The van der Waals surface area contributed by atoms with E-state index in [0.717, 1.165) is 0 Å². The summed E-state index contributed by atoms with van der Waals surface area (Å²) in [5, 5.41) is 3.99. The summed E-state index contributed by atoms with van der Waals surface area (Å²) in [4.78, 5) is 0. The Bertz CT molecular complexity index is 576. The van der Waals surface area contributed by atoms with Crippen LogP contribution < -0.4 is 0 Å². The van der Waals surface area contributed by atoms with Crippen LogP contribution in [-0.2, 0) is 10.8 Å². The molecule has 106 valence electrons. The molecule has 3 atom stereocenters. The van der Waals surface area contributed by atoms with Gasteiger partial charge < -0.3 is 0 Å². The van der Waals surface area contributed by atoms with Gasteiger partial charge in [0.05, 0.1) is 10.8 Å². The summed E-state index contributed by atoms with van der Waals surface area (Å²) < 4.78 is 12.0. The zero-order chi connectivity index (χ0) is 13.5. The van der Waals surface area contributed by atoms with Crippen molar-refractivity contribution in [2.45, 2.75) is 51.4 Å². The first kappa shape index (κ1) is 12.8. The first-order chi connectivity index (χ1) is 9.83. The van der Waals surface area contributed by atoms with Crippen LogP contribution in [-0.4, -0.2) is 4.21 Å². The summed E-state index contributed by atoms with van der Waals surface area (Å²) in [5.74, 6) is 1.25. The average molecular weight is 286 g/mol. The molecular formula is C18H22OS. The van der Waals surface area contributed by atoms with Crippen LogP contribution >= 0.6 is 0 Å². The second-order valence-electron chi connectivity index (χ2n) is 6.55. The number of hydrogen-bond donors (Lipinski definition) is 0. The molecule has 1 fully saturated rings. The monoisotopic (exact) mass is 286 g/mol. The summed E-state index contributed by atoms with van der Waals surface area (Å²) >= 11 is 0. The minimum Gasteiger partial charge on any atom is -0.250 e. The van der Waals surface area contributed by atoms with E-state index in [4.69, 9.17) is 0 Å². The normalized spacial score (nSPS) is 36.3. The van der Waals surface area contributed by atoms with Crippen molar-refractivity contribution < 1.29 is 4.21 Å². The highest BCUT2D eigenvalue weighted by Crippen LogP contribution is 2.50. The molecule has 0 radical (unpaired) electrons. The zero-order valence-corrected chi connectivity index (χ0v) is 12.8. The van der Waals surface area contributed by atoms with Gasteiger partial charge in [0.1, 0.15) is 0 Å². The minimum absolute atomic E-state index is 0.549. The van der Waals surface area contributed by atoms with Crippen molar-refractivity contribution in [3.63, 3.8) is 0 Å². The lowest BCUT2D eigenvalue weighted by Crippen LogP contribution is -2.28. The Morgan fingerprint density at radius 2 is 1.85 bits per heavy atom. The molecule has 1 aliphatic heterocycles. The Labute approximate surface area is 124 Å². The maximum Gasteiger partial charge on any atom is 0.0711 e. The molecule has 0 bridgehead atoms. The topological polar surface area (TPSA) is 17.1 Å². The van der Waals surface area contributed by atoms with E-state index >= 15 is 0 Å². The fourth-order valence-electron chi connectivity index (χ4n) is 4.43. The van der Waals surface area contributed by atoms with Crippen LogP contribution in [0.2, 0.25) is 0 Å². The first-order valence-corrected chi connectivity index (χ1v) is 9.33. The molecule has 1 heterocycles. The summed E-state index contributed by atoms with van der Waals surface area (Å²) in [6, 6.07) is 0. The van der Waals surface area contributed by atoms with Gasteiger partial charge in [-0.05, 0) is 62.0 Å². The molecule has 4 aliphatic rings. The fraction of sp³-hybridized carbons (Fsp3) is 0.556. The third-order valence-electron chi connectivity index (χ3n) is 5.33. The van der Waals surface area contributed by atoms with Gasteiger partial charge in [0.15, 0.2) is 0 Å². The van der Waals surface area contributed by atoms with Crippen molar-refractivity contribution in [2.24, 2.45) is 11.8 Å². The molecular weight excluding hydrogens is 264 g/mol. The number of allylic oxidation sites excluding steroid dienone is 6. The van der Waals surface area contributed by atoms with Crippen LogP contribution in [0.3, 0.4) is 0 Å². The van der Waals surface area contributed by atoms with Crippen LogP contribution in [0, 0.1) is 11.8 Å². The van der Waals surface area contributed by atoms with Crippen LogP contribution in [0.4, 0.5) is 0 Å². The summed E-state index contributed by atoms with van der Waals surface area (Å²) in [6.45, 7) is 0. The Hall–Kier alpha value is -0.890. The van der Waals surface area contributed by atoms with Crippen molar-refractivity contribution in [1.82, 2.24) is 0 Å². The van der Waals surface area contributed by atoms with Gasteiger partial charge in [0.2, 0.25) is 0 Å². The van der Waals surface area contributed by atoms with Gasteiger partial charge >= 0.3 is 0 Å².